The van der Waals surface area contributed by atoms with Gasteiger partial charge >= 0.3 is 11.7 Å². The summed E-state index contributed by atoms with van der Waals surface area (Å²) in [7, 11) is -1.24. The number of ether oxygens (including phenoxy) is 2. The zero-order valence-corrected chi connectivity index (χ0v) is 29.2. The van der Waals surface area contributed by atoms with E-state index in [-0.39, 0.29) is 51.7 Å². The lowest BCUT2D eigenvalue weighted by Crippen LogP contribution is -2.42. The summed E-state index contributed by atoms with van der Waals surface area (Å²) in [5.41, 5.74) is -1.84. The summed E-state index contributed by atoms with van der Waals surface area (Å²) in [4.78, 5) is 53.9. The standard InChI is InChI=1S/C33H30FIN4O8S/c1-5-47-27(40)18-48(44,45)24-8-6-7-22(16-24)36-29-19(2)31(41)37(3)30-28(29)32(42)38(17-20-9-12-23(46-4)13-10-20)33(43)39(30)26-14-11-21(35)15-25(26)34/h6-16,36H,5,17-18H2,1-4H3. The van der Waals surface area contributed by atoms with Gasteiger partial charge in [-0.05, 0) is 90.5 Å². The van der Waals surface area contributed by atoms with Gasteiger partial charge in [-0.1, -0.05) is 18.2 Å². The smallest absolute Gasteiger partial charge is 0.337 e. The number of sulfone groups is 1. The van der Waals surface area contributed by atoms with E-state index in [0.717, 1.165) is 13.7 Å². The van der Waals surface area contributed by atoms with E-state index >= 15 is 4.39 Å². The number of pyridine rings is 1. The van der Waals surface area contributed by atoms with Gasteiger partial charge < -0.3 is 14.8 Å². The van der Waals surface area contributed by atoms with Crippen molar-refractivity contribution in [2.45, 2.75) is 25.3 Å². The first-order valence-electron chi connectivity index (χ1n) is 14.5. The fourth-order valence-corrected chi connectivity index (χ4v) is 6.87. The van der Waals surface area contributed by atoms with Crippen LogP contribution in [0.2, 0.25) is 0 Å². The molecule has 2 aromatic heterocycles. The molecule has 0 unspecified atom stereocenters. The van der Waals surface area contributed by atoms with Crippen molar-refractivity contribution in [1.82, 2.24) is 13.7 Å². The number of hydrogen-bond acceptors (Lipinski definition) is 9. The van der Waals surface area contributed by atoms with Crippen molar-refractivity contribution < 1.29 is 27.1 Å². The maximum absolute atomic E-state index is 15.6. The lowest BCUT2D eigenvalue weighted by molar-refractivity contribution is -0.139. The van der Waals surface area contributed by atoms with Gasteiger partial charge in [0.2, 0.25) is 0 Å². The molecule has 48 heavy (non-hydrogen) atoms. The van der Waals surface area contributed by atoms with E-state index in [2.05, 4.69) is 5.32 Å². The number of rotatable bonds is 10. The third-order valence-electron chi connectivity index (χ3n) is 7.61. The van der Waals surface area contributed by atoms with Crippen LogP contribution in [0.25, 0.3) is 16.7 Å². The number of aryl methyl sites for hydroxylation is 1. The Morgan fingerprint density at radius 3 is 2.35 bits per heavy atom. The molecule has 2 heterocycles. The Kier molecular flexibility index (Phi) is 9.91. The molecule has 15 heteroatoms. The maximum Gasteiger partial charge on any atom is 0.337 e. The van der Waals surface area contributed by atoms with Gasteiger partial charge in [-0.25, -0.2) is 22.2 Å². The topological polar surface area (TPSA) is 148 Å². The Hall–Kier alpha value is -4.77. The van der Waals surface area contributed by atoms with Crippen molar-refractivity contribution in [1.29, 1.82) is 0 Å². The lowest BCUT2D eigenvalue weighted by atomic mass is 10.1. The highest BCUT2D eigenvalue weighted by Gasteiger charge is 2.26. The largest absolute Gasteiger partial charge is 0.497 e. The average molecular weight is 789 g/mol. The van der Waals surface area contributed by atoms with Gasteiger partial charge in [-0.15, -0.1) is 0 Å². The molecule has 5 rings (SSSR count). The molecule has 1 N–H and O–H groups in total. The molecular formula is C33H30FIN4O8S. The van der Waals surface area contributed by atoms with Crippen LogP contribution in [0.4, 0.5) is 15.8 Å². The number of carbonyl (C=O) groups is 1. The lowest BCUT2D eigenvalue weighted by Gasteiger charge is -2.21. The summed E-state index contributed by atoms with van der Waals surface area (Å²) >= 11 is 1.93. The minimum absolute atomic E-state index is 0.0123. The number of benzene rings is 3. The number of esters is 1. The van der Waals surface area contributed by atoms with Gasteiger partial charge in [-0.2, -0.15) is 0 Å². The maximum atomic E-state index is 15.6. The van der Waals surface area contributed by atoms with Crippen molar-refractivity contribution >= 4 is 60.8 Å². The molecule has 3 aromatic carbocycles. The van der Waals surface area contributed by atoms with Crippen molar-refractivity contribution in [2.75, 3.05) is 24.8 Å². The van der Waals surface area contributed by atoms with E-state index in [4.69, 9.17) is 9.47 Å². The van der Waals surface area contributed by atoms with E-state index in [1.165, 1.54) is 57.5 Å². The molecule has 0 aliphatic rings. The monoisotopic (exact) mass is 788 g/mol. The van der Waals surface area contributed by atoms with Crippen LogP contribution in [0.5, 0.6) is 5.75 Å². The van der Waals surface area contributed by atoms with E-state index in [1.54, 1.807) is 37.3 Å². The summed E-state index contributed by atoms with van der Waals surface area (Å²) in [6.07, 6.45) is 0. The van der Waals surface area contributed by atoms with E-state index < -0.39 is 44.2 Å². The van der Waals surface area contributed by atoms with Crippen LogP contribution >= 0.6 is 22.6 Å². The molecule has 0 amide bonds. The number of nitrogens with one attached hydrogen (secondary N) is 1. The number of hydrogen-bond donors (Lipinski definition) is 1. The van der Waals surface area contributed by atoms with Crippen LogP contribution in [-0.2, 0) is 33.0 Å². The van der Waals surface area contributed by atoms with Crippen molar-refractivity contribution in [3.63, 3.8) is 0 Å². The molecule has 0 bridgehead atoms. The number of nitrogens with zero attached hydrogens (tertiary/aromatic N) is 3. The van der Waals surface area contributed by atoms with E-state index in [9.17, 15) is 27.6 Å². The second-order valence-electron chi connectivity index (χ2n) is 10.7. The van der Waals surface area contributed by atoms with Crippen LogP contribution in [-0.4, -0.2) is 47.6 Å². The molecule has 0 radical (unpaired) electrons. The third kappa shape index (κ3) is 6.64. The molecular weight excluding hydrogens is 758 g/mol. The number of methoxy groups -OCH3 is 1. The Morgan fingerprint density at radius 1 is 1.00 bits per heavy atom. The summed E-state index contributed by atoms with van der Waals surface area (Å²) in [6, 6.07) is 16.4. The highest BCUT2D eigenvalue weighted by molar-refractivity contribution is 14.1. The first-order valence-corrected chi connectivity index (χ1v) is 17.2. The molecule has 5 aromatic rings. The SMILES string of the molecule is CCOC(=O)CS(=O)(=O)c1cccc(Nc2c(C)c(=O)n(C)c3c2c(=O)n(Cc2ccc(OC)cc2)c(=O)n3-c2ccc(I)cc2F)c1. The average Bonchev–Trinajstić information content (AvgIpc) is 3.05. The fraction of sp³-hybridized carbons (Fsp3) is 0.212. The van der Waals surface area contributed by atoms with Crippen LogP contribution in [0.15, 0.2) is 86.0 Å². The summed E-state index contributed by atoms with van der Waals surface area (Å²) in [5.74, 6) is -2.00. The van der Waals surface area contributed by atoms with Crippen molar-refractivity contribution in [2.24, 2.45) is 7.05 Å². The highest BCUT2D eigenvalue weighted by atomic mass is 127. The van der Waals surface area contributed by atoms with Gasteiger partial charge in [0.25, 0.3) is 11.1 Å². The van der Waals surface area contributed by atoms with Gasteiger partial charge in [-0.3, -0.25) is 23.5 Å². The summed E-state index contributed by atoms with van der Waals surface area (Å²) < 4.78 is 55.2. The molecule has 0 aliphatic heterocycles. The molecule has 0 saturated carbocycles. The highest BCUT2D eigenvalue weighted by Crippen LogP contribution is 2.29. The summed E-state index contributed by atoms with van der Waals surface area (Å²) in [5, 5.41) is 2.88. The zero-order valence-electron chi connectivity index (χ0n) is 26.2. The van der Waals surface area contributed by atoms with E-state index in [0.29, 0.717) is 14.9 Å². The third-order valence-corrected chi connectivity index (χ3v) is 9.87. The molecule has 250 valence electrons. The van der Waals surface area contributed by atoms with Gasteiger partial charge in [0, 0.05) is 21.9 Å². The van der Waals surface area contributed by atoms with E-state index in [1.807, 2.05) is 22.6 Å². The molecule has 0 spiro atoms. The van der Waals surface area contributed by atoms with Gasteiger partial charge in [0.1, 0.15) is 22.6 Å². The van der Waals surface area contributed by atoms with Crippen molar-refractivity contribution in [3.8, 4) is 11.4 Å². The summed E-state index contributed by atoms with van der Waals surface area (Å²) in [6.45, 7) is 2.84. The Balaban J connectivity index is 1.80. The quantitative estimate of drug-likeness (QED) is 0.164. The number of aromatic nitrogens is 3. The van der Waals surface area contributed by atoms with Crippen molar-refractivity contribution in [3.05, 3.63) is 118 Å². The minimum atomic E-state index is -4.12. The fourth-order valence-electron chi connectivity index (χ4n) is 5.26. The number of anilines is 2. The predicted octanol–water partition coefficient (Wildman–Crippen LogP) is 4.04. The Labute approximate surface area is 287 Å². The second kappa shape index (κ2) is 13.8. The molecule has 0 aliphatic carbocycles. The predicted molar refractivity (Wildman–Crippen MR) is 187 cm³/mol. The zero-order chi connectivity index (χ0) is 34.9. The Bertz CT molecular complexity index is 2370. The number of fused-ring (bicyclic) bond motifs is 1. The number of halogens is 2. The molecule has 12 nitrogen and oxygen atoms in total. The second-order valence-corrected chi connectivity index (χ2v) is 14.0. The first kappa shape index (κ1) is 34.6. The van der Waals surface area contributed by atoms with Crippen LogP contribution < -0.4 is 26.9 Å². The molecule has 0 fully saturated rings. The van der Waals surface area contributed by atoms with Crippen LogP contribution in [0.1, 0.15) is 18.1 Å². The van der Waals surface area contributed by atoms with Crippen LogP contribution in [0.3, 0.4) is 0 Å². The number of carbonyl (C=O) groups excluding carboxylic acids is 1. The molecule has 0 saturated heterocycles. The minimum Gasteiger partial charge on any atom is -0.497 e. The van der Waals surface area contributed by atoms with Gasteiger partial charge in [0.15, 0.2) is 15.6 Å². The first-order chi connectivity index (χ1) is 22.8. The molecule has 0 atom stereocenters. The van der Waals surface area contributed by atoms with Crippen LogP contribution in [0, 0.1) is 16.3 Å². The Morgan fingerprint density at radius 2 is 1.71 bits per heavy atom. The van der Waals surface area contributed by atoms with Gasteiger partial charge in [0.05, 0.1) is 36.5 Å². The normalized spacial score (nSPS) is 11.5.